The fraction of sp³-hybridized carbons (Fsp3) is 0.100. The molecule has 0 bridgehead atoms. The number of rotatable bonds is 5. The van der Waals surface area contributed by atoms with E-state index >= 15 is 0 Å². The van der Waals surface area contributed by atoms with E-state index in [9.17, 15) is 32.3 Å². The van der Waals surface area contributed by atoms with Crippen molar-refractivity contribution in [3.63, 3.8) is 0 Å². The highest BCUT2D eigenvalue weighted by molar-refractivity contribution is 8.18. The number of benzene rings is 2. The lowest BCUT2D eigenvalue weighted by molar-refractivity contribution is -0.137. The van der Waals surface area contributed by atoms with Gasteiger partial charge < -0.3 is 10.6 Å². The average Bonchev–Trinajstić information content (AvgIpc) is 2.95. The van der Waals surface area contributed by atoms with Crippen LogP contribution in [0.25, 0.3) is 0 Å². The van der Waals surface area contributed by atoms with Crippen LogP contribution in [0, 0.1) is 0 Å². The van der Waals surface area contributed by atoms with Crippen molar-refractivity contribution in [2.24, 2.45) is 0 Å². The van der Waals surface area contributed by atoms with Gasteiger partial charge in [0.25, 0.3) is 11.1 Å². The van der Waals surface area contributed by atoms with Crippen LogP contribution in [0.3, 0.4) is 0 Å². The van der Waals surface area contributed by atoms with E-state index in [2.05, 4.69) is 10.6 Å². The van der Waals surface area contributed by atoms with E-state index in [1.165, 1.54) is 6.07 Å². The first-order valence-corrected chi connectivity index (χ1v) is 9.53. The van der Waals surface area contributed by atoms with Crippen LogP contribution in [0.5, 0.6) is 0 Å². The first-order valence-electron chi connectivity index (χ1n) is 8.72. The summed E-state index contributed by atoms with van der Waals surface area (Å²) in [5.41, 5.74) is -0.600. The Balaban J connectivity index is 1.63. The zero-order chi connectivity index (χ0) is 22.6. The summed E-state index contributed by atoms with van der Waals surface area (Å²) in [5.74, 6) is -2.35. The lowest BCUT2D eigenvalue weighted by Crippen LogP contribution is -2.36. The van der Waals surface area contributed by atoms with Crippen molar-refractivity contribution in [3.8, 4) is 0 Å². The molecular weight excluding hydrogens is 435 g/mol. The normalized spacial score (nSPS) is 15.3. The van der Waals surface area contributed by atoms with Gasteiger partial charge in [0.15, 0.2) is 0 Å². The summed E-state index contributed by atoms with van der Waals surface area (Å²) < 4.78 is 38.3. The quantitative estimate of drug-likeness (QED) is 0.676. The van der Waals surface area contributed by atoms with Gasteiger partial charge in [-0.2, -0.15) is 13.2 Å². The minimum absolute atomic E-state index is 0.135. The zero-order valence-corrected chi connectivity index (χ0v) is 16.4. The second-order valence-corrected chi connectivity index (χ2v) is 7.24. The Labute approximate surface area is 178 Å². The van der Waals surface area contributed by atoms with Crippen molar-refractivity contribution in [2.75, 3.05) is 17.2 Å². The molecule has 0 aromatic heterocycles. The summed E-state index contributed by atoms with van der Waals surface area (Å²) in [6.45, 7) is -0.710. The van der Waals surface area contributed by atoms with Crippen LogP contribution >= 0.6 is 11.8 Å². The summed E-state index contributed by atoms with van der Waals surface area (Å²) in [4.78, 5) is 49.1. The third-order valence-corrected chi connectivity index (χ3v) is 4.86. The highest BCUT2D eigenvalue weighted by Crippen LogP contribution is 2.32. The smallest absolute Gasteiger partial charge is 0.325 e. The largest absolute Gasteiger partial charge is 0.416 e. The van der Waals surface area contributed by atoms with Gasteiger partial charge in [-0.15, -0.1) is 0 Å². The molecular formula is C20H14F3N3O4S. The molecule has 0 atom stereocenters. The molecule has 0 unspecified atom stereocenters. The Morgan fingerprint density at radius 3 is 2.32 bits per heavy atom. The number of amides is 4. The molecule has 11 heteroatoms. The summed E-state index contributed by atoms with van der Waals surface area (Å²) >= 11 is 0.484. The van der Waals surface area contributed by atoms with Crippen molar-refractivity contribution in [3.05, 3.63) is 71.1 Å². The number of halogens is 3. The molecule has 0 saturated carbocycles. The Hall–Kier alpha value is -3.60. The molecule has 0 spiro atoms. The number of alkyl halides is 3. The molecule has 160 valence electrons. The Morgan fingerprint density at radius 2 is 1.65 bits per heavy atom. The number of hydrogen-bond acceptors (Lipinski definition) is 5. The van der Waals surface area contributed by atoms with E-state index in [0.29, 0.717) is 22.3 Å². The van der Waals surface area contributed by atoms with Gasteiger partial charge in [0.2, 0.25) is 11.8 Å². The first-order chi connectivity index (χ1) is 14.6. The number of hydrogen-bond donors (Lipinski definition) is 2. The Kier molecular flexibility index (Phi) is 6.44. The van der Waals surface area contributed by atoms with Crippen molar-refractivity contribution >= 4 is 46.1 Å². The van der Waals surface area contributed by atoms with Gasteiger partial charge in [-0.3, -0.25) is 24.1 Å². The third kappa shape index (κ3) is 5.72. The van der Waals surface area contributed by atoms with E-state index in [0.717, 1.165) is 24.3 Å². The van der Waals surface area contributed by atoms with Crippen LogP contribution in [0.4, 0.5) is 29.3 Å². The fourth-order valence-corrected chi connectivity index (χ4v) is 3.38. The van der Waals surface area contributed by atoms with E-state index < -0.39 is 41.2 Å². The number of carbonyl (C=O) groups is 4. The minimum atomic E-state index is -4.59. The number of nitrogens with one attached hydrogen (secondary N) is 2. The first kappa shape index (κ1) is 22.1. The van der Waals surface area contributed by atoms with Crippen LogP contribution in [-0.4, -0.2) is 34.4 Å². The molecule has 2 N–H and O–H groups in total. The molecule has 1 aliphatic rings. The maximum Gasteiger partial charge on any atom is 0.416 e. The average molecular weight is 449 g/mol. The molecule has 0 radical (unpaired) electrons. The molecule has 1 heterocycles. The van der Waals surface area contributed by atoms with Crippen LogP contribution in [0.15, 0.2) is 65.6 Å². The van der Waals surface area contributed by atoms with Crippen LogP contribution in [-0.2, 0) is 20.6 Å². The molecule has 4 amide bonds. The molecule has 31 heavy (non-hydrogen) atoms. The molecule has 1 aliphatic heterocycles. The van der Waals surface area contributed by atoms with E-state index in [4.69, 9.17) is 0 Å². The maximum atomic E-state index is 12.8. The van der Waals surface area contributed by atoms with Crippen molar-refractivity contribution in [2.45, 2.75) is 6.18 Å². The molecule has 1 fully saturated rings. The van der Waals surface area contributed by atoms with E-state index in [-0.39, 0.29) is 10.6 Å². The second kappa shape index (κ2) is 9.04. The van der Waals surface area contributed by atoms with Crippen molar-refractivity contribution < 1.29 is 32.3 Å². The minimum Gasteiger partial charge on any atom is -0.325 e. The van der Waals surface area contributed by atoms with E-state index in [1.807, 2.05) is 0 Å². The van der Waals surface area contributed by atoms with Gasteiger partial charge in [-0.1, -0.05) is 24.3 Å². The number of thioether (sulfide) groups is 1. The van der Waals surface area contributed by atoms with Gasteiger partial charge in [-0.05, 0) is 42.1 Å². The lowest BCUT2D eigenvalue weighted by atomic mass is 10.2. The molecule has 2 aromatic rings. The van der Waals surface area contributed by atoms with Crippen LogP contribution in [0.2, 0.25) is 0 Å². The van der Waals surface area contributed by atoms with E-state index in [1.54, 1.807) is 30.3 Å². The van der Waals surface area contributed by atoms with Gasteiger partial charge in [0, 0.05) is 17.5 Å². The predicted molar refractivity (Wildman–Crippen MR) is 108 cm³/mol. The van der Waals surface area contributed by atoms with Crippen molar-refractivity contribution in [1.29, 1.82) is 0 Å². The summed E-state index contributed by atoms with van der Waals surface area (Å²) in [7, 11) is 0. The van der Waals surface area contributed by atoms with Gasteiger partial charge >= 0.3 is 6.18 Å². The number of anilines is 2. The summed E-state index contributed by atoms with van der Waals surface area (Å²) in [6, 6.07) is 12.4. The lowest BCUT2D eigenvalue weighted by Gasteiger charge is -2.13. The number of para-hydroxylation sites is 1. The summed E-state index contributed by atoms with van der Waals surface area (Å²) in [6.07, 6.45) is -3.64. The standard InChI is InChI=1S/C20H14F3N3O4S/c21-20(22,23)12-5-4-8-14(9-12)25-17(28)11-26-18(29)15(31-19(26)30)10-16(27)24-13-6-2-1-3-7-13/h1-10H,11H2,(H,24,27)(H,25,28)/b15-10-. The second-order valence-electron chi connectivity index (χ2n) is 6.25. The van der Waals surface area contributed by atoms with Crippen LogP contribution < -0.4 is 10.6 Å². The molecule has 0 aliphatic carbocycles. The van der Waals surface area contributed by atoms with Crippen molar-refractivity contribution in [1.82, 2.24) is 4.90 Å². The Morgan fingerprint density at radius 1 is 0.968 bits per heavy atom. The maximum absolute atomic E-state index is 12.8. The van der Waals surface area contributed by atoms with Crippen LogP contribution in [0.1, 0.15) is 5.56 Å². The SMILES string of the molecule is O=C(/C=C1\SC(=O)N(CC(=O)Nc2cccc(C(F)(F)F)c2)C1=O)Nc1ccccc1. The summed E-state index contributed by atoms with van der Waals surface area (Å²) in [5, 5.41) is 3.97. The van der Waals surface area contributed by atoms with Gasteiger partial charge in [0.1, 0.15) is 6.54 Å². The number of nitrogens with zero attached hydrogens (tertiary/aromatic N) is 1. The molecule has 2 aromatic carbocycles. The molecule has 1 saturated heterocycles. The number of imide groups is 1. The number of carbonyl (C=O) groups excluding carboxylic acids is 4. The molecule has 3 rings (SSSR count). The highest BCUT2D eigenvalue weighted by atomic mass is 32.2. The van der Waals surface area contributed by atoms with Gasteiger partial charge in [-0.25, -0.2) is 0 Å². The third-order valence-electron chi connectivity index (χ3n) is 3.95. The molecule has 7 nitrogen and oxygen atoms in total. The van der Waals surface area contributed by atoms with Gasteiger partial charge in [0.05, 0.1) is 10.5 Å². The monoisotopic (exact) mass is 449 g/mol. The zero-order valence-electron chi connectivity index (χ0n) is 15.6. The Bertz CT molecular complexity index is 1070. The predicted octanol–water partition coefficient (Wildman–Crippen LogP) is 3.86. The topological polar surface area (TPSA) is 95.6 Å². The highest BCUT2D eigenvalue weighted by Gasteiger charge is 2.37. The fourth-order valence-electron chi connectivity index (χ4n) is 2.57.